The van der Waals surface area contributed by atoms with Crippen LogP contribution in [0.4, 0.5) is 0 Å². The number of amides is 1. The van der Waals surface area contributed by atoms with Gasteiger partial charge in [-0.25, -0.2) is 4.79 Å². The SMILES string of the molecule is CC1CCCCN1C(=O)COC(=O)c1cnn(C)c1. The summed E-state index contributed by atoms with van der Waals surface area (Å²) in [6.07, 6.45) is 6.18. The fourth-order valence-corrected chi connectivity index (χ4v) is 2.29. The van der Waals surface area contributed by atoms with E-state index < -0.39 is 5.97 Å². The third-order valence-corrected chi connectivity index (χ3v) is 3.39. The monoisotopic (exact) mass is 265 g/mol. The maximum absolute atomic E-state index is 12.0. The number of ether oxygens (including phenoxy) is 1. The van der Waals surface area contributed by atoms with Gasteiger partial charge >= 0.3 is 5.97 Å². The van der Waals surface area contributed by atoms with E-state index >= 15 is 0 Å². The highest BCUT2D eigenvalue weighted by Gasteiger charge is 2.24. The van der Waals surface area contributed by atoms with Gasteiger partial charge in [0.2, 0.25) is 0 Å². The van der Waals surface area contributed by atoms with Gasteiger partial charge in [-0.2, -0.15) is 5.10 Å². The Labute approximate surface area is 112 Å². The summed E-state index contributed by atoms with van der Waals surface area (Å²) in [5, 5.41) is 3.89. The fourth-order valence-electron chi connectivity index (χ4n) is 2.29. The number of piperidine rings is 1. The van der Waals surface area contributed by atoms with Crippen LogP contribution < -0.4 is 0 Å². The van der Waals surface area contributed by atoms with Crippen LogP contribution in [0, 0.1) is 0 Å². The number of carbonyl (C=O) groups excluding carboxylic acids is 2. The predicted octanol–water partition coefficient (Wildman–Crippen LogP) is 0.978. The second-order valence-corrected chi connectivity index (χ2v) is 4.91. The minimum Gasteiger partial charge on any atom is -0.452 e. The van der Waals surface area contributed by atoms with Crippen molar-refractivity contribution >= 4 is 11.9 Å². The van der Waals surface area contributed by atoms with E-state index in [2.05, 4.69) is 5.10 Å². The quantitative estimate of drug-likeness (QED) is 0.764. The van der Waals surface area contributed by atoms with E-state index in [1.807, 2.05) is 6.92 Å². The van der Waals surface area contributed by atoms with Crippen molar-refractivity contribution in [2.24, 2.45) is 7.05 Å². The lowest BCUT2D eigenvalue weighted by Gasteiger charge is -2.33. The maximum Gasteiger partial charge on any atom is 0.341 e. The average molecular weight is 265 g/mol. The van der Waals surface area contributed by atoms with Gasteiger partial charge in [0.1, 0.15) is 0 Å². The number of carbonyl (C=O) groups is 2. The number of rotatable bonds is 3. The Morgan fingerprint density at radius 1 is 1.47 bits per heavy atom. The molecule has 0 radical (unpaired) electrons. The third kappa shape index (κ3) is 3.33. The molecule has 0 saturated carbocycles. The molecule has 0 bridgehead atoms. The molecule has 19 heavy (non-hydrogen) atoms. The minimum atomic E-state index is -0.508. The van der Waals surface area contributed by atoms with Crippen LogP contribution in [0.1, 0.15) is 36.5 Å². The van der Waals surface area contributed by atoms with Crippen LogP contribution in [0.2, 0.25) is 0 Å². The summed E-state index contributed by atoms with van der Waals surface area (Å²) < 4.78 is 6.54. The van der Waals surface area contributed by atoms with Crippen LogP contribution >= 0.6 is 0 Å². The molecule has 1 amide bonds. The van der Waals surface area contributed by atoms with Crippen LogP contribution in [0.25, 0.3) is 0 Å². The highest BCUT2D eigenvalue weighted by atomic mass is 16.5. The van der Waals surface area contributed by atoms with Gasteiger partial charge in [0.05, 0.1) is 11.8 Å². The second kappa shape index (κ2) is 5.86. The number of nitrogens with zero attached hydrogens (tertiary/aromatic N) is 3. The van der Waals surface area contributed by atoms with Crippen molar-refractivity contribution in [2.45, 2.75) is 32.2 Å². The van der Waals surface area contributed by atoms with Crippen LogP contribution in [0.3, 0.4) is 0 Å². The molecule has 1 aliphatic rings. The van der Waals surface area contributed by atoms with E-state index in [1.165, 1.54) is 10.9 Å². The van der Waals surface area contributed by atoms with Gasteiger partial charge in [0.25, 0.3) is 5.91 Å². The first kappa shape index (κ1) is 13.6. The lowest BCUT2D eigenvalue weighted by atomic mass is 10.0. The van der Waals surface area contributed by atoms with Crippen molar-refractivity contribution in [3.05, 3.63) is 18.0 Å². The zero-order valence-electron chi connectivity index (χ0n) is 11.3. The van der Waals surface area contributed by atoms with Crippen LogP contribution in [-0.2, 0) is 16.6 Å². The van der Waals surface area contributed by atoms with Gasteiger partial charge in [-0.1, -0.05) is 0 Å². The molecule has 1 fully saturated rings. The van der Waals surface area contributed by atoms with Gasteiger partial charge in [-0.3, -0.25) is 9.48 Å². The van der Waals surface area contributed by atoms with E-state index in [9.17, 15) is 9.59 Å². The number of aromatic nitrogens is 2. The molecule has 1 aliphatic heterocycles. The summed E-state index contributed by atoms with van der Waals surface area (Å²) in [6, 6.07) is 0.235. The first-order valence-corrected chi connectivity index (χ1v) is 6.53. The van der Waals surface area contributed by atoms with Gasteiger partial charge in [-0.05, 0) is 26.2 Å². The van der Waals surface area contributed by atoms with Crippen LogP contribution in [0.15, 0.2) is 12.4 Å². The van der Waals surface area contributed by atoms with Gasteiger partial charge < -0.3 is 9.64 Å². The number of esters is 1. The van der Waals surface area contributed by atoms with Crippen molar-refractivity contribution in [3.8, 4) is 0 Å². The second-order valence-electron chi connectivity index (χ2n) is 4.91. The van der Waals surface area contributed by atoms with E-state index in [-0.39, 0.29) is 18.6 Å². The first-order chi connectivity index (χ1) is 9.08. The molecule has 6 nitrogen and oxygen atoms in total. The Balaban J connectivity index is 1.84. The summed E-state index contributed by atoms with van der Waals surface area (Å²) in [4.78, 5) is 25.4. The Kier molecular flexibility index (Phi) is 4.19. The molecule has 1 aromatic heterocycles. The van der Waals surface area contributed by atoms with Gasteiger partial charge in [0, 0.05) is 25.8 Å². The molecule has 0 aliphatic carbocycles. The summed E-state index contributed by atoms with van der Waals surface area (Å²) >= 11 is 0. The Morgan fingerprint density at radius 3 is 2.89 bits per heavy atom. The summed E-state index contributed by atoms with van der Waals surface area (Å²) in [7, 11) is 1.72. The Hall–Kier alpha value is -1.85. The highest BCUT2D eigenvalue weighted by molar-refractivity contribution is 5.90. The van der Waals surface area contributed by atoms with E-state index in [1.54, 1.807) is 18.1 Å². The fraction of sp³-hybridized carbons (Fsp3) is 0.615. The van der Waals surface area contributed by atoms with Crippen LogP contribution in [0.5, 0.6) is 0 Å². The largest absolute Gasteiger partial charge is 0.452 e. The van der Waals surface area contributed by atoms with Crippen molar-refractivity contribution < 1.29 is 14.3 Å². The molecule has 1 saturated heterocycles. The molecular weight excluding hydrogens is 246 g/mol. The first-order valence-electron chi connectivity index (χ1n) is 6.53. The normalized spacial score (nSPS) is 19.3. The number of hydrogen-bond donors (Lipinski definition) is 0. The van der Waals surface area contributed by atoms with Crippen molar-refractivity contribution in [3.63, 3.8) is 0 Å². The van der Waals surface area contributed by atoms with Crippen LogP contribution in [-0.4, -0.2) is 45.8 Å². The molecule has 6 heteroatoms. The van der Waals surface area contributed by atoms with Crippen molar-refractivity contribution in [1.29, 1.82) is 0 Å². The molecule has 0 spiro atoms. The molecular formula is C13H19N3O3. The molecule has 2 heterocycles. The topological polar surface area (TPSA) is 64.4 Å². The molecule has 104 valence electrons. The molecule has 1 aromatic rings. The molecule has 1 atom stereocenters. The summed E-state index contributed by atoms with van der Waals surface area (Å²) in [5.74, 6) is -0.629. The number of hydrogen-bond acceptors (Lipinski definition) is 4. The van der Waals surface area contributed by atoms with Crippen molar-refractivity contribution in [2.75, 3.05) is 13.2 Å². The Bertz CT molecular complexity index is 469. The van der Waals surface area contributed by atoms with E-state index in [0.29, 0.717) is 5.56 Å². The predicted molar refractivity (Wildman–Crippen MR) is 68.5 cm³/mol. The lowest BCUT2D eigenvalue weighted by Crippen LogP contribution is -2.44. The van der Waals surface area contributed by atoms with Crippen molar-refractivity contribution in [1.82, 2.24) is 14.7 Å². The molecule has 0 N–H and O–H groups in total. The summed E-state index contributed by atoms with van der Waals surface area (Å²) in [6.45, 7) is 2.59. The Morgan fingerprint density at radius 2 is 2.26 bits per heavy atom. The third-order valence-electron chi connectivity index (χ3n) is 3.39. The zero-order chi connectivity index (χ0) is 13.8. The van der Waals surface area contributed by atoms with E-state index in [0.717, 1.165) is 25.8 Å². The average Bonchev–Trinajstić information content (AvgIpc) is 2.83. The van der Waals surface area contributed by atoms with Gasteiger partial charge in [-0.15, -0.1) is 0 Å². The molecule has 1 unspecified atom stereocenters. The maximum atomic E-state index is 12.0. The standard InChI is InChI=1S/C13H19N3O3/c1-10-5-3-4-6-16(10)12(17)9-19-13(18)11-7-14-15(2)8-11/h7-8,10H,3-6,9H2,1-2H3. The summed E-state index contributed by atoms with van der Waals surface area (Å²) in [5.41, 5.74) is 0.363. The highest BCUT2D eigenvalue weighted by Crippen LogP contribution is 2.16. The van der Waals surface area contributed by atoms with Gasteiger partial charge in [0.15, 0.2) is 6.61 Å². The lowest BCUT2D eigenvalue weighted by molar-refractivity contribution is -0.137. The molecule has 2 rings (SSSR count). The molecule has 0 aromatic carbocycles. The number of likely N-dealkylation sites (tertiary alicyclic amines) is 1. The minimum absolute atomic E-state index is 0.121. The number of aryl methyl sites for hydroxylation is 1. The van der Waals surface area contributed by atoms with E-state index in [4.69, 9.17) is 4.74 Å². The smallest absolute Gasteiger partial charge is 0.341 e. The zero-order valence-corrected chi connectivity index (χ0v) is 11.3.